The Morgan fingerprint density at radius 3 is 1.60 bits per heavy atom. The number of nitrogens with two attached hydrogens (primary N) is 1. The highest BCUT2D eigenvalue weighted by Gasteiger charge is 2.35. The maximum atomic E-state index is 14.2. The molecule has 0 radical (unpaired) electrons. The quantitative estimate of drug-likeness (QED) is 0.0319. The SMILES string of the molecule is CC[C@H](C)[C@H](NC(=O)[C@H](CO)NC(=O)[C@H](Cc1ccc(O)cc1)NC(=O)[C@H](Cc1ccc(O)cc1)NC(=O)CNC(=O)[C@@H](C)NC(=O)[C@@H]1CCCN1)C(=O)N[C@H](C)C(=O)N[C@@H](CCCCN)C(=O)N[C@@H](CO)C(=O)O. The number of nitrogens with one attached hydrogen (secondary N) is 10. The van der Waals surface area contributed by atoms with Gasteiger partial charge >= 0.3 is 5.97 Å². The van der Waals surface area contributed by atoms with E-state index in [0.717, 1.165) is 6.42 Å². The third-order valence-corrected chi connectivity index (χ3v) is 12.3. The number of benzene rings is 2. The molecule has 1 saturated heterocycles. The molecule has 2 aromatic rings. The Bertz CT molecular complexity index is 2260. The van der Waals surface area contributed by atoms with Gasteiger partial charge in [0.25, 0.3) is 0 Å². The fourth-order valence-electron chi connectivity index (χ4n) is 7.59. The number of carboxylic acid groups (broad SMARTS) is 1. The lowest BCUT2D eigenvalue weighted by Gasteiger charge is -2.28. The van der Waals surface area contributed by atoms with E-state index in [9.17, 15) is 73.5 Å². The van der Waals surface area contributed by atoms with Gasteiger partial charge in [-0.05, 0) is 100 Å². The standard InChI is InChI=1S/C49H73N11O15/c1-5-26(2)40(48(73)54-28(4)42(67)56-34(9-6-7-19-50)44(69)59-38(25-62)49(74)75)60-47(72)37(24-61)58-46(71)36(22-30-13-17-32(64)18-14-30)57-45(70)35(21-29-11-15-31(63)16-12-29)55-39(65)23-52-41(66)27(3)53-43(68)33-10-8-20-51-33/h11-18,26-28,33-38,40,51,61-64H,5-10,19-25,50H2,1-4H3,(H,52,66)(H,53,68)(H,54,73)(H,55,65)(H,56,67)(H,57,70)(H,58,71)(H,59,69)(H,60,72)(H,74,75)/t26-,27+,28+,33-,34-,35-,36-,37-,38-,40-/m0/s1. The molecule has 2 aromatic carbocycles. The topological polar surface area (TPSA) is 418 Å². The Labute approximate surface area is 433 Å². The van der Waals surface area contributed by atoms with Gasteiger partial charge in [0, 0.05) is 12.8 Å². The van der Waals surface area contributed by atoms with E-state index in [-0.39, 0.29) is 43.2 Å². The first-order valence-corrected chi connectivity index (χ1v) is 24.7. The number of aromatic hydroxyl groups is 2. The largest absolute Gasteiger partial charge is 0.508 e. The van der Waals surface area contributed by atoms with Crippen LogP contribution in [0.15, 0.2) is 48.5 Å². The minimum absolute atomic E-state index is 0.0342. The van der Waals surface area contributed by atoms with Crippen LogP contribution in [0.4, 0.5) is 0 Å². The Hall–Kier alpha value is -7.42. The van der Waals surface area contributed by atoms with Crippen molar-refractivity contribution in [2.75, 3.05) is 32.8 Å². The molecule has 414 valence electrons. The van der Waals surface area contributed by atoms with Crippen molar-refractivity contribution in [1.82, 2.24) is 53.2 Å². The second-order valence-corrected chi connectivity index (χ2v) is 18.3. The van der Waals surface area contributed by atoms with Crippen molar-refractivity contribution in [1.29, 1.82) is 0 Å². The number of unbranched alkanes of at least 4 members (excludes halogenated alkanes) is 1. The van der Waals surface area contributed by atoms with Crippen molar-refractivity contribution in [2.24, 2.45) is 11.7 Å². The molecule has 1 aliphatic heterocycles. The van der Waals surface area contributed by atoms with E-state index in [1.165, 1.54) is 62.4 Å². The predicted molar refractivity (Wildman–Crippen MR) is 269 cm³/mol. The molecule has 0 bridgehead atoms. The van der Waals surface area contributed by atoms with Gasteiger partial charge in [-0.15, -0.1) is 0 Å². The number of rotatable bonds is 31. The lowest BCUT2D eigenvalue weighted by atomic mass is 9.97. The van der Waals surface area contributed by atoms with Crippen LogP contribution in [0.5, 0.6) is 11.5 Å². The molecule has 1 fully saturated rings. The van der Waals surface area contributed by atoms with Crippen molar-refractivity contribution < 1.29 is 73.5 Å². The highest BCUT2D eigenvalue weighted by atomic mass is 16.4. The monoisotopic (exact) mass is 1060 g/mol. The smallest absolute Gasteiger partial charge is 0.328 e. The second-order valence-electron chi connectivity index (χ2n) is 18.3. The molecule has 0 spiro atoms. The summed E-state index contributed by atoms with van der Waals surface area (Å²) in [6.07, 6.45) is 2.10. The average Bonchev–Trinajstić information content (AvgIpc) is 3.94. The van der Waals surface area contributed by atoms with Crippen LogP contribution >= 0.6 is 0 Å². The van der Waals surface area contributed by atoms with E-state index >= 15 is 0 Å². The lowest BCUT2D eigenvalue weighted by molar-refractivity contribution is -0.143. The maximum absolute atomic E-state index is 14.2. The number of amides is 9. The number of aliphatic carboxylic acids is 1. The highest BCUT2D eigenvalue weighted by Crippen LogP contribution is 2.15. The van der Waals surface area contributed by atoms with Gasteiger partial charge < -0.3 is 84.4 Å². The summed E-state index contributed by atoms with van der Waals surface area (Å²) in [5.41, 5.74) is 6.44. The first-order chi connectivity index (χ1) is 35.6. The minimum atomic E-state index is -1.74. The molecule has 26 nitrogen and oxygen atoms in total. The fraction of sp³-hybridized carbons (Fsp3) is 0.551. The summed E-state index contributed by atoms with van der Waals surface area (Å²) in [4.78, 5) is 132. The molecule has 0 unspecified atom stereocenters. The Balaban J connectivity index is 1.80. The van der Waals surface area contributed by atoms with Gasteiger partial charge in [-0.25, -0.2) is 4.79 Å². The molecule has 3 rings (SSSR count). The summed E-state index contributed by atoms with van der Waals surface area (Å²) < 4.78 is 0. The molecule has 0 aliphatic carbocycles. The number of hydrogen-bond acceptors (Lipinski definition) is 16. The Morgan fingerprint density at radius 2 is 1.09 bits per heavy atom. The summed E-state index contributed by atoms with van der Waals surface area (Å²) in [6.45, 7) is 4.43. The second kappa shape index (κ2) is 31.3. The van der Waals surface area contributed by atoms with Crippen molar-refractivity contribution in [2.45, 2.75) is 133 Å². The van der Waals surface area contributed by atoms with Crippen LogP contribution in [0.2, 0.25) is 0 Å². The van der Waals surface area contributed by atoms with Gasteiger partial charge in [0.15, 0.2) is 0 Å². The van der Waals surface area contributed by atoms with E-state index in [2.05, 4.69) is 53.2 Å². The lowest BCUT2D eigenvalue weighted by Crippen LogP contribution is -2.61. The van der Waals surface area contributed by atoms with Crippen molar-refractivity contribution in [3.8, 4) is 11.5 Å². The van der Waals surface area contributed by atoms with Crippen molar-refractivity contribution in [3.63, 3.8) is 0 Å². The number of carbonyl (C=O) groups is 10. The number of carbonyl (C=O) groups excluding carboxylic acids is 9. The van der Waals surface area contributed by atoms with E-state index < -0.39 is 133 Å². The molecule has 1 heterocycles. The van der Waals surface area contributed by atoms with E-state index in [1.807, 2.05) is 0 Å². The van der Waals surface area contributed by atoms with Gasteiger partial charge in [-0.1, -0.05) is 44.5 Å². The van der Waals surface area contributed by atoms with Crippen molar-refractivity contribution >= 4 is 59.1 Å². The first kappa shape index (κ1) is 61.9. The van der Waals surface area contributed by atoms with Crippen LogP contribution in [0.3, 0.4) is 0 Å². The number of hydrogen-bond donors (Lipinski definition) is 16. The maximum Gasteiger partial charge on any atom is 0.328 e. The predicted octanol–water partition coefficient (Wildman–Crippen LogP) is -4.09. The van der Waals surface area contributed by atoms with E-state index in [0.29, 0.717) is 43.4 Å². The molecule has 10 atom stereocenters. The molecular formula is C49H73N11O15. The Morgan fingerprint density at radius 1 is 0.600 bits per heavy atom. The number of aliphatic hydroxyl groups is 2. The number of phenolic OH excluding ortho intramolecular Hbond substituents is 2. The number of phenols is 2. The molecule has 9 amide bonds. The molecular weight excluding hydrogens is 983 g/mol. The van der Waals surface area contributed by atoms with Crippen LogP contribution in [-0.2, 0) is 60.8 Å². The molecule has 75 heavy (non-hydrogen) atoms. The summed E-state index contributed by atoms with van der Waals surface area (Å²) >= 11 is 0. The molecule has 17 N–H and O–H groups in total. The molecule has 26 heteroatoms. The third kappa shape index (κ3) is 20.8. The van der Waals surface area contributed by atoms with Gasteiger partial charge in [0.1, 0.15) is 59.8 Å². The first-order valence-electron chi connectivity index (χ1n) is 24.7. The van der Waals surface area contributed by atoms with Crippen molar-refractivity contribution in [3.05, 3.63) is 59.7 Å². The summed E-state index contributed by atoms with van der Waals surface area (Å²) in [6, 6.07) is -0.534. The fourth-order valence-corrected chi connectivity index (χ4v) is 7.59. The van der Waals surface area contributed by atoms with E-state index in [4.69, 9.17) is 5.73 Å². The zero-order valence-corrected chi connectivity index (χ0v) is 42.5. The van der Waals surface area contributed by atoms with Crippen LogP contribution in [0.1, 0.15) is 77.3 Å². The normalized spacial score (nSPS) is 16.6. The van der Waals surface area contributed by atoms with E-state index in [1.54, 1.807) is 13.8 Å². The van der Waals surface area contributed by atoms with Crippen LogP contribution in [-0.4, -0.2) is 172 Å². The number of carboxylic acids is 1. The summed E-state index contributed by atoms with van der Waals surface area (Å²) in [5.74, 6) is -9.80. The van der Waals surface area contributed by atoms with Gasteiger partial charge in [-0.3, -0.25) is 43.2 Å². The van der Waals surface area contributed by atoms with Gasteiger partial charge in [-0.2, -0.15) is 0 Å². The molecule has 0 saturated carbocycles. The molecule has 0 aromatic heterocycles. The van der Waals surface area contributed by atoms with Gasteiger partial charge in [0.05, 0.1) is 25.8 Å². The van der Waals surface area contributed by atoms with Crippen LogP contribution in [0, 0.1) is 5.92 Å². The zero-order valence-electron chi connectivity index (χ0n) is 42.5. The summed E-state index contributed by atoms with van der Waals surface area (Å²) in [5, 5.41) is 74.1. The molecule has 1 aliphatic rings. The summed E-state index contributed by atoms with van der Waals surface area (Å²) in [7, 11) is 0. The number of aliphatic hydroxyl groups excluding tert-OH is 2. The Kier molecular flexibility index (Phi) is 25.9. The zero-order chi connectivity index (χ0) is 55.8. The third-order valence-electron chi connectivity index (χ3n) is 12.3. The van der Waals surface area contributed by atoms with Gasteiger partial charge in [0.2, 0.25) is 53.2 Å². The van der Waals surface area contributed by atoms with Crippen LogP contribution < -0.4 is 58.9 Å². The van der Waals surface area contributed by atoms with Crippen LogP contribution in [0.25, 0.3) is 0 Å². The average molecular weight is 1060 g/mol. The minimum Gasteiger partial charge on any atom is -0.508 e. The highest BCUT2D eigenvalue weighted by molar-refractivity contribution is 5.98.